The summed E-state index contributed by atoms with van der Waals surface area (Å²) in [5.74, 6) is -0.732. The van der Waals surface area contributed by atoms with Crippen LogP contribution in [0.5, 0.6) is 5.75 Å². The zero-order chi connectivity index (χ0) is 16.4. The summed E-state index contributed by atoms with van der Waals surface area (Å²) in [6.07, 6.45) is -3.80. The average molecular weight is 375 g/mol. The number of rotatable bonds is 4. The SMILES string of the molecule is CC1CC(NS(=O)(=O)c2ccccc2OC(F)(F)F)CCN1.Cl. The van der Waals surface area contributed by atoms with Crippen molar-refractivity contribution in [3.63, 3.8) is 0 Å². The molecule has 2 unspecified atom stereocenters. The molecule has 2 rings (SSSR count). The molecule has 1 heterocycles. The third kappa shape index (κ3) is 5.83. The number of nitrogens with one attached hydrogen (secondary N) is 2. The number of hydrogen-bond donors (Lipinski definition) is 2. The highest BCUT2D eigenvalue weighted by atomic mass is 35.5. The van der Waals surface area contributed by atoms with Gasteiger partial charge in [0.2, 0.25) is 10.0 Å². The number of alkyl halides is 3. The molecule has 2 N–H and O–H groups in total. The van der Waals surface area contributed by atoms with E-state index in [1.54, 1.807) is 0 Å². The van der Waals surface area contributed by atoms with E-state index >= 15 is 0 Å². The largest absolute Gasteiger partial charge is 0.573 e. The molecule has 5 nitrogen and oxygen atoms in total. The first-order valence-electron chi connectivity index (χ1n) is 6.78. The predicted molar refractivity (Wildman–Crippen MR) is 81.2 cm³/mol. The second-order valence-electron chi connectivity index (χ2n) is 5.19. The van der Waals surface area contributed by atoms with Crippen molar-refractivity contribution in [3.05, 3.63) is 24.3 Å². The third-order valence-electron chi connectivity index (χ3n) is 3.31. The first-order chi connectivity index (χ1) is 10.2. The van der Waals surface area contributed by atoms with E-state index in [1.807, 2.05) is 6.92 Å². The van der Waals surface area contributed by atoms with E-state index < -0.39 is 27.0 Å². The number of benzene rings is 1. The molecule has 0 bridgehead atoms. The van der Waals surface area contributed by atoms with Gasteiger partial charge in [0.25, 0.3) is 0 Å². The summed E-state index contributed by atoms with van der Waals surface area (Å²) in [4.78, 5) is -0.515. The number of piperidine rings is 1. The van der Waals surface area contributed by atoms with Crippen LogP contribution in [0.15, 0.2) is 29.2 Å². The minimum atomic E-state index is -4.95. The van der Waals surface area contributed by atoms with Gasteiger partial charge in [0, 0.05) is 12.1 Å². The molecule has 23 heavy (non-hydrogen) atoms. The van der Waals surface area contributed by atoms with Crippen LogP contribution in [0.3, 0.4) is 0 Å². The molecule has 0 amide bonds. The van der Waals surface area contributed by atoms with Gasteiger partial charge in [-0.1, -0.05) is 12.1 Å². The monoisotopic (exact) mass is 374 g/mol. The second kappa shape index (κ2) is 7.69. The summed E-state index contributed by atoms with van der Waals surface area (Å²) in [6, 6.07) is 4.53. The van der Waals surface area contributed by atoms with Crippen molar-refractivity contribution >= 4 is 22.4 Å². The van der Waals surface area contributed by atoms with E-state index in [0.717, 1.165) is 12.1 Å². The fraction of sp³-hybridized carbons (Fsp3) is 0.538. The maximum atomic E-state index is 12.4. The zero-order valence-electron chi connectivity index (χ0n) is 12.3. The van der Waals surface area contributed by atoms with E-state index in [2.05, 4.69) is 14.8 Å². The fourth-order valence-corrected chi connectivity index (χ4v) is 3.82. The maximum absolute atomic E-state index is 12.4. The number of sulfonamides is 1. The molecular formula is C13H18ClF3N2O3S. The van der Waals surface area contributed by atoms with Crippen molar-refractivity contribution in [1.29, 1.82) is 0 Å². The van der Waals surface area contributed by atoms with Crippen LogP contribution >= 0.6 is 12.4 Å². The summed E-state index contributed by atoms with van der Waals surface area (Å²) < 4.78 is 68.0. The van der Waals surface area contributed by atoms with Gasteiger partial charge in [0.05, 0.1) is 0 Å². The van der Waals surface area contributed by atoms with Crippen LogP contribution in [0.1, 0.15) is 19.8 Å². The van der Waals surface area contributed by atoms with Crippen molar-refractivity contribution < 1.29 is 26.3 Å². The molecule has 10 heteroatoms. The average Bonchev–Trinajstić information content (AvgIpc) is 2.36. The van der Waals surface area contributed by atoms with Crippen LogP contribution in [0.4, 0.5) is 13.2 Å². The lowest BCUT2D eigenvalue weighted by Gasteiger charge is -2.28. The van der Waals surface area contributed by atoms with E-state index in [4.69, 9.17) is 0 Å². The Bertz CT molecular complexity index is 625. The highest BCUT2D eigenvalue weighted by Gasteiger charge is 2.34. The zero-order valence-corrected chi connectivity index (χ0v) is 13.9. The molecule has 132 valence electrons. The molecule has 0 radical (unpaired) electrons. The van der Waals surface area contributed by atoms with Gasteiger partial charge in [0.15, 0.2) is 0 Å². The van der Waals surface area contributed by atoms with Gasteiger partial charge in [-0.25, -0.2) is 13.1 Å². The molecule has 1 aliphatic heterocycles. The van der Waals surface area contributed by atoms with Crippen molar-refractivity contribution in [1.82, 2.24) is 10.0 Å². The van der Waals surface area contributed by atoms with Gasteiger partial charge in [-0.2, -0.15) is 0 Å². The summed E-state index contributed by atoms with van der Waals surface area (Å²) in [5.41, 5.74) is 0. The smallest absolute Gasteiger partial charge is 0.404 e. The van der Waals surface area contributed by atoms with Crippen molar-refractivity contribution in [3.8, 4) is 5.75 Å². The summed E-state index contributed by atoms with van der Waals surface area (Å²) >= 11 is 0. The first-order valence-corrected chi connectivity index (χ1v) is 8.26. The number of ether oxygens (including phenoxy) is 1. The van der Waals surface area contributed by atoms with Crippen LogP contribution in [0.25, 0.3) is 0 Å². The highest BCUT2D eigenvalue weighted by molar-refractivity contribution is 7.89. The molecule has 1 aromatic carbocycles. The fourth-order valence-electron chi connectivity index (χ4n) is 2.40. The Morgan fingerprint density at radius 3 is 2.57 bits per heavy atom. The van der Waals surface area contributed by atoms with E-state index in [0.29, 0.717) is 19.4 Å². The standard InChI is InChI=1S/C13H17F3N2O3S.ClH/c1-9-8-10(6-7-17-9)18-22(19,20)12-5-3-2-4-11(12)21-13(14,15)16;/h2-5,9-10,17-18H,6-8H2,1H3;1H. The number of hydrogen-bond acceptors (Lipinski definition) is 4. The van der Waals surface area contributed by atoms with Crippen LogP contribution in [-0.4, -0.2) is 33.4 Å². The lowest BCUT2D eigenvalue weighted by Crippen LogP contribution is -2.46. The third-order valence-corrected chi connectivity index (χ3v) is 4.87. The molecule has 1 saturated heterocycles. The van der Waals surface area contributed by atoms with Gasteiger partial charge >= 0.3 is 6.36 Å². The minimum absolute atomic E-state index is 0. The van der Waals surface area contributed by atoms with Crippen molar-refractivity contribution in [2.24, 2.45) is 0 Å². The minimum Gasteiger partial charge on any atom is -0.404 e. The van der Waals surface area contributed by atoms with Gasteiger partial charge in [-0.05, 0) is 38.4 Å². The molecule has 1 fully saturated rings. The van der Waals surface area contributed by atoms with Crippen LogP contribution < -0.4 is 14.8 Å². The van der Waals surface area contributed by atoms with Gasteiger partial charge in [-0.15, -0.1) is 25.6 Å². The Kier molecular flexibility index (Phi) is 6.70. The Hall–Kier alpha value is -1.03. The second-order valence-corrected chi connectivity index (χ2v) is 6.87. The predicted octanol–water partition coefficient (Wildman–Crippen LogP) is 2.43. The highest BCUT2D eigenvalue weighted by Crippen LogP contribution is 2.29. The van der Waals surface area contributed by atoms with Gasteiger partial charge in [-0.3, -0.25) is 0 Å². The molecule has 1 aliphatic rings. The summed E-state index contributed by atoms with van der Waals surface area (Å²) in [6.45, 7) is 2.57. The molecule has 0 saturated carbocycles. The van der Waals surface area contributed by atoms with Gasteiger partial charge in [0.1, 0.15) is 10.6 Å². The molecular weight excluding hydrogens is 357 g/mol. The normalized spacial score (nSPS) is 22.3. The van der Waals surface area contributed by atoms with E-state index in [-0.39, 0.29) is 24.5 Å². The molecule has 0 spiro atoms. The Morgan fingerprint density at radius 2 is 1.96 bits per heavy atom. The molecule has 2 atom stereocenters. The van der Waals surface area contributed by atoms with Crippen molar-refractivity contribution in [2.45, 2.75) is 43.1 Å². The number of para-hydroxylation sites is 1. The summed E-state index contributed by atoms with van der Waals surface area (Å²) in [5, 5.41) is 3.17. The van der Waals surface area contributed by atoms with E-state index in [1.165, 1.54) is 12.1 Å². The topological polar surface area (TPSA) is 67.4 Å². The van der Waals surface area contributed by atoms with Crippen molar-refractivity contribution in [2.75, 3.05) is 6.54 Å². The van der Waals surface area contributed by atoms with E-state index in [9.17, 15) is 21.6 Å². The number of halogens is 4. The Balaban J connectivity index is 0.00000264. The lowest BCUT2D eigenvalue weighted by molar-refractivity contribution is -0.275. The Morgan fingerprint density at radius 1 is 1.30 bits per heavy atom. The molecule has 0 aromatic heterocycles. The first kappa shape index (κ1) is 20.0. The Labute approximate surface area is 139 Å². The van der Waals surface area contributed by atoms with Gasteiger partial charge < -0.3 is 10.1 Å². The molecule has 0 aliphatic carbocycles. The maximum Gasteiger partial charge on any atom is 0.573 e. The van der Waals surface area contributed by atoms with Crippen LogP contribution in [-0.2, 0) is 10.0 Å². The quantitative estimate of drug-likeness (QED) is 0.849. The van der Waals surface area contributed by atoms with Crippen LogP contribution in [0.2, 0.25) is 0 Å². The lowest BCUT2D eigenvalue weighted by atomic mass is 10.0. The molecule has 1 aromatic rings. The van der Waals surface area contributed by atoms with Crippen LogP contribution in [0, 0.1) is 0 Å². The summed E-state index contributed by atoms with van der Waals surface area (Å²) in [7, 11) is -4.09.